The van der Waals surface area contributed by atoms with Gasteiger partial charge in [-0.25, -0.2) is 4.98 Å². The van der Waals surface area contributed by atoms with E-state index in [1.54, 1.807) is 19.4 Å². The Morgan fingerprint density at radius 2 is 2.22 bits per heavy atom. The molecule has 1 N–H and O–H groups in total. The summed E-state index contributed by atoms with van der Waals surface area (Å²) >= 11 is 5.87. The summed E-state index contributed by atoms with van der Waals surface area (Å²) in [7, 11) is 1.67. The summed E-state index contributed by atoms with van der Waals surface area (Å²) < 4.78 is 10.5. The van der Waals surface area contributed by atoms with Crippen LogP contribution in [0.5, 0.6) is 5.88 Å². The fraction of sp³-hybridized carbons (Fsp3) is 0.667. The second kappa shape index (κ2) is 8.11. The SMILES string of the molecule is COCCC(CCl)Nc1nccc(OC(C)C)n1. The molecule has 0 amide bonds. The average Bonchev–Trinajstić information content (AvgIpc) is 2.34. The van der Waals surface area contributed by atoms with Crippen LogP contribution in [-0.4, -0.2) is 41.7 Å². The van der Waals surface area contributed by atoms with Gasteiger partial charge in [0, 0.05) is 37.9 Å². The Hall–Kier alpha value is -1.07. The Bertz CT molecular complexity index is 350. The summed E-state index contributed by atoms with van der Waals surface area (Å²) in [5.41, 5.74) is 0. The molecule has 0 saturated carbocycles. The van der Waals surface area contributed by atoms with Crippen molar-refractivity contribution in [1.29, 1.82) is 0 Å². The molecule has 0 bridgehead atoms. The lowest BCUT2D eigenvalue weighted by atomic mass is 10.2. The van der Waals surface area contributed by atoms with E-state index < -0.39 is 0 Å². The molecule has 1 aromatic rings. The summed E-state index contributed by atoms with van der Waals surface area (Å²) in [5, 5.41) is 3.16. The van der Waals surface area contributed by atoms with Crippen LogP contribution in [0.25, 0.3) is 0 Å². The van der Waals surface area contributed by atoms with Gasteiger partial charge in [-0.3, -0.25) is 0 Å². The number of alkyl halides is 1. The number of hydrogen-bond donors (Lipinski definition) is 1. The van der Waals surface area contributed by atoms with Gasteiger partial charge in [-0.1, -0.05) is 0 Å². The summed E-state index contributed by atoms with van der Waals surface area (Å²) in [6.07, 6.45) is 2.55. The maximum atomic E-state index is 5.87. The van der Waals surface area contributed by atoms with Crippen LogP contribution < -0.4 is 10.1 Å². The van der Waals surface area contributed by atoms with Gasteiger partial charge in [-0.2, -0.15) is 4.98 Å². The smallest absolute Gasteiger partial charge is 0.226 e. The number of methoxy groups -OCH3 is 1. The molecule has 1 aromatic heterocycles. The molecule has 0 aliphatic heterocycles. The highest BCUT2D eigenvalue weighted by atomic mass is 35.5. The predicted molar refractivity (Wildman–Crippen MR) is 72.4 cm³/mol. The zero-order valence-electron chi connectivity index (χ0n) is 11.0. The molecule has 0 aromatic carbocycles. The molecule has 1 heterocycles. The molecule has 102 valence electrons. The lowest BCUT2D eigenvalue weighted by Gasteiger charge is -2.16. The second-order valence-corrected chi connectivity index (χ2v) is 4.47. The fourth-order valence-corrected chi connectivity index (χ4v) is 1.58. The van der Waals surface area contributed by atoms with Crippen molar-refractivity contribution in [2.24, 2.45) is 0 Å². The van der Waals surface area contributed by atoms with Crippen LogP contribution in [0.15, 0.2) is 12.3 Å². The molecule has 0 fully saturated rings. The lowest BCUT2D eigenvalue weighted by Crippen LogP contribution is -2.24. The number of nitrogens with zero attached hydrogens (tertiary/aromatic N) is 2. The van der Waals surface area contributed by atoms with Gasteiger partial charge in [0.1, 0.15) is 0 Å². The highest BCUT2D eigenvalue weighted by molar-refractivity contribution is 6.18. The number of ether oxygens (including phenoxy) is 2. The number of anilines is 1. The van der Waals surface area contributed by atoms with Crippen LogP contribution in [-0.2, 0) is 4.74 Å². The van der Waals surface area contributed by atoms with E-state index in [4.69, 9.17) is 21.1 Å². The molecule has 0 spiro atoms. The molecule has 1 unspecified atom stereocenters. The van der Waals surface area contributed by atoms with E-state index in [2.05, 4.69) is 15.3 Å². The number of nitrogens with one attached hydrogen (secondary N) is 1. The summed E-state index contributed by atoms with van der Waals surface area (Å²) in [5.74, 6) is 1.56. The van der Waals surface area contributed by atoms with E-state index in [0.717, 1.165) is 6.42 Å². The van der Waals surface area contributed by atoms with Crippen molar-refractivity contribution >= 4 is 17.5 Å². The van der Waals surface area contributed by atoms with E-state index in [9.17, 15) is 0 Å². The van der Waals surface area contributed by atoms with Gasteiger partial charge in [-0.05, 0) is 20.3 Å². The van der Waals surface area contributed by atoms with Gasteiger partial charge < -0.3 is 14.8 Å². The molecule has 18 heavy (non-hydrogen) atoms. The highest BCUT2D eigenvalue weighted by Gasteiger charge is 2.09. The van der Waals surface area contributed by atoms with Gasteiger partial charge >= 0.3 is 0 Å². The monoisotopic (exact) mass is 273 g/mol. The first kappa shape index (κ1) is 15.0. The molecular formula is C12H20ClN3O2. The molecule has 1 atom stereocenters. The van der Waals surface area contributed by atoms with Gasteiger partial charge in [0.2, 0.25) is 11.8 Å². The first-order chi connectivity index (χ1) is 8.65. The van der Waals surface area contributed by atoms with Crippen molar-refractivity contribution < 1.29 is 9.47 Å². The first-order valence-electron chi connectivity index (χ1n) is 5.96. The minimum Gasteiger partial charge on any atom is -0.475 e. The number of hydrogen-bond acceptors (Lipinski definition) is 5. The summed E-state index contributed by atoms with van der Waals surface area (Å²) in [6.45, 7) is 4.55. The molecule has 0 aliphatic carbocycles. The Morgan fingerprint density at radius 3 is 2.83 bits per heavy atom. The number of halogens is 1. The number of rotatable bonds is 8. The maximum absolute atomic E-state index is 5.87. The van der Waals surface area contributed by atoms with Crippen LogP contribution in [0, 0.1) is 0 Å². The third-order valence-electron chi connectivity index (χ3n) is 2.18. The van der Waals surface area contributed by atoms with Crippen molar-refractivity contribution in [1.82, 2.24) is 9.97 Å². The predicted octanol–water partition coefficient (Wildman–Crippen LogP) is 2.32. The van der Waals surface area contributed by atoms with Crippen molar-refractivity contribution in [3.63, 3.8) is 0 Å². The molecule has 6 heteroatoms. The molecule has 0 aliphatic rings. The summed E-state index contributed by atoms with van der Waals surface area (Å²) in [4.78, 5) is 8.41. The van der Waals surface area contributed by atoms with E-state index in [-0.39, 0.29) is 12.1 Å². The quantitative estimate of drug-likeness (QED) is 0.737. The zero-order valence-corrected chi connectivity index (χ0v) is 11.8. The minimum atomic E-state index is 0.0842. The van der Waals surface area contributed by atoms with E-state index >= 15 is 0 Å². The third kappa shape index (κ3) is 5.51. The molecule has 0 radical (unpaired) electrons. The van der Waals surface area contributed by atoms with Gasteiger partial charge in [0.15, 0.2) is 0 Å². The number of aromatic nitrogens is 2. The second-order valence-electron chi connectivity index (χ2n) is 4.16. The maximum Gasteiger partial charge on any atom is 0.226 e. The van der Waals surface area contributed by atoms with Gasteiger partial charge in [0.25, 0.3) is 0 Å². The molecule has 0 saturated heterocycles. The van der Waals surface area contributed by atoms with Crippen LogP contribution in [0.2, 0.25) is 0 Å². The van der Waals surface area contributed by atoms with Crippen molar-refractivity contribution in [2.75, 3.05) is 24.9 Å². The molecular weight excluding hydrogens is 254 g/mol. The van der Waals surface area contributed by atoms with Crippen LogP contribution in [0.4, 0.5) is 5.95 Å². The van der Waals surface area contributed by atoms with Crippen LogP contribution in [0.1, 0.15) is 20.3 Å². The van der Waals surface area contributed by atoms with Crippen LogP contribution in [0.3, 0.4) is 0 Å². The standard InChI is InChI=1S/C12H20ClN3O2/c1-9(2)18-11-4-6-14-12(16-11)15-10(8-13)5-7-17-3/h4,6,9-10H,5,7-8H2,1-3H3,(H,14,15,16). The Labute approximate surface area is 113 Å². The van der Waals surface area contributed by atoms with Crippen molar-refractivity contribution in [3.05, 3.63) is 12.3 Å². The van der Waals surface area contributed by atoms with Gasteiger partial charge in [0.05, 0.1) is 6.10 Å². The Balaban J connectivity index is 2.59. The molecule has 1 rings (SSSR count). The topological polar surface area (TPSA) is 56.3 Å². The van der Waals surface area contributed by atoms with E-state index in [1.165, 1.54) is 0 Å². The van der Waals surface area contributed by atoms with E-state index in [0.29, 0.717) is 24.3 Å². The highest BCUT2D eigenvalue weighted by Crippen LogP contribution is 2.12. The van der Waals surface area contributed by atoms with Crippen molar-refractivity contribution in [3.8, 4) is 5.88 Å². The first-order valence-corrected chi connectivity index (χ1v) is 6.50. The largest absolute Gasteiger partial charge is 0.475 e. The third-order valence-corrected chi connectivity index (χ3v) is 2.55. The normalized spacial score (nSPS) is 12.5. The van der Waals surface area contributed by atoms with E-state index in [1.807, 2.05) is 13.8 Å². The average molecular weight is 274 g/mol. The van der Waals surface area contributed by atoms with Crippen LogP contribution >= 0.6 is 11.6 Å². The Kier molecular flexibility index (Phi) is 6.75. The Morgan fingerprint density at radius 1 is 1.44 bits per heavy atom. The molecule has 5 nitrogen and oxygen atoms in total. The zero-order chi connectivity index (χ0) is 13.4. The summed E-state index contributed by atoms with van der Waals surface area (Å²) in [6, 6.07) is 1.82. The lowest BCUT2D eigenvalue weighted by molar-refractivity contribution is 0.191. The van der Waals surface area contributed by atoms with Gasteiger partial charge in [-0.15, -0.1) is 11.6 Å². The minimum absolute atomic E-state index is 0.0842. The fourth-order valence-electron chi connectivity index (χ4n) is 1.35. The van der Waals surface area contributed by atoms with Crippen molar-refractivity contribution in [2.45, 2.75) is 32.4 Å².